The van der Waals surface area contributed by atoms with Crippen molar-refractivity contribution in [1.29, 1.82) is 0 Å². The van der Waals surface area contributed by atoms with Crippen molar-refractivity contribution in [3.8, 4) is 5.75 Å². The Bertz CT molecular complexity index is 1200. The molecule has 0 spiro atoms. The Morgan fingerprint density at radius 2 is 1.78 bits per heavy atom. The van der Waals surface area contributed by atoms with Crippen molar-refractivity contribution in [2.45, 2.75) is 31.4 Å². The lowest BCUT2D eigenvalue weighted by atomic mass is 10.1. The number of carbonyl (C=O) groups excluding carboxylic acids is 2. The number of hydrogen-bond donors (Lipinski definition) is 1. The number of hydrogen-bond acceptors (Lipinski definition) is 5. The monoisotopic (exact) mass is 505 g/mol. The second-order valence-corrected chi connectivity index (χ2v) is 9.50. The summed E-state index contributed by atoms with van der Waals surface area (Å²) in [6.07, 6.45) is 1.49. The van der Waals surface area contributed by atoms with Gasteiger partial charge in [-0.25, -0.2) is 9.38 Å². The number of nitrogens with one attached hydrogen (secondary N) is 1. The summed E-state index contributed by atoms with van der Waals surface area (Å²) >= 11 is 1.30. The molecule has 1 aliphatic rings. The minimum absolute atomic E-state index is 0.0262. The van der Waals surface area contributed by atoms with Crippen LogP contribution in [-0.4, -0.2) is 40.3 Å². The lowest BCUT2D eigenvalue weighted by Crippen LogP contribution is -2.35. The van der Waals surface area contributed by atoms with Crippen molar-refractivity contribution in [1.82, 2.24) is 4.90 Å². The van der Waals surface area contributed by atoms with E-state index in [0.29, 0.717) is 30.4 Å². The molecule has 0 aromatic heterocycles. The van der Waals surface area contributed by atoms with E-state index in [1.165, 1.54) is 23.9 Å². The van der Waals surface area contributed by atoms with Gasteiger partial charge >= 0.3 is 0 Å². The summed E-state index contributed by atoms with van der Waals surface area (Å²) < 4.78 is 18.8. The van der Waals surface area contributed by atoms with Gasteiger partial charge in [-0.3, -0.25) is 14.5 Å². The molecule has 0 unspecified atom stereocenters. The number of carbonyl (C=O) groups is 2. The van der Waals surface area contributed by atoms with Crippen molar-refractivity contribution in [3.63, 3.8) is 0 Å². The van der Waals surface area contributed by atoms with E-state index < -0.39 is 5.25 Å². The predicted octanol–water partition coefficient (Wildman–Crippen LogP) is 5.82. The Morgan fingerprint density at radius 1 is 1.06 bits per heavy atom. The normalized spacial score (nSPS) is 16.4. The number of benzene rings is 3. The van der Waals surface area contributed by atoms with Crippen molar-refractivity contribution >= 4 is 40.1 Å². The van der Waals surface area contributed by atoms with E-state index in [-0.39, 0.29) is 24.1 Å². The number of rotatable bonds is 10. The highest BCUT2D eigenvalue weighted by Gasteiger charge is 2.39. The third-order valence-electron chi connectivity index (χ3n) is 5.52. The summed E-state index contributed by atoms with van der Waals surface area (Å²) in [5.41, 5.74) is 2.29. The van der Waals surface area contributed by atoms with Crippen LogP contribution in [0.4, 0.5) is 15.8 Å². The van der Waals surface area contributed by atoms with Gasteiger partial charge in [0, 0.05) is 18.7 Å². The molecule has 186 valence electrons. The Morgan fingerprint density at radius 3 is 2.47 bits per heavy atom. The number of para-hydroxylation sites is 1. The zero-order valence-electron chi connectivity index (χ0n) is 20.0. The molecule has 1 fully saturated rings. The maximum absolute atomic E-state index is 13.3. The SMILES string of the molecule is CCCOc1ccc(NC(=O)C[C@@H]2SC(=Nc3ccccc3)N(CCc3ccc(F)cc3)C2=O)cc1. The number of nitrogens with zero attached hydrogens (tertiary/aromatic N) is 2. The van der Waals surface area contributed by atoms with Crippen LogP contribution in [0.25, 0.3) is 0 Å². The van der Waals surface area contributed by atoms with Crippen LogP contribution in [0.5, 0.6) is 5.75 Å². The fraction of sp³-hybridized carbons (Fsp3) is 0.250. The third-order valence-corrected chi connectivity index (χ3v) is 6.70. The number of aliphatic imine (C=N–C) groups is 1. The highest BCUT2D eigenvalue weighted by Crippen LogP contribution is 2.32. The van der Waals surface area contributed by atoms with Crippen LogP contribution in [-0.2, 0) is 16.0 Å². The van der Waals surface area contributed by atoms with Crippen molar-refractivity contribution < 1.29 is 18.7 Å². The first-order valence-electron chi connectivity index (χ1n) is 11.9. The third kappa shape index (κ3) is 6.95. The van der Waals surface area contributed by atoms with Gasteiger partial charge in [0.1, 0.15) is 16.8 Å². The topological polar surface area (TPSA) is 71.0 Å². The molecule has 2 amide bonds. The minimum atomic E-state index is -0.576. The van der Waals surface area contributed by atoms with E-state index in [1.54, 1.807) is 29.2 Å². The zero-order chi connectivity index (χ0) is 25.3. The second-order valence-electron chi connectivity index (χ2n) is 8.33. The minimum Gasteiger partial charge on any atom is -0.494 e. The van der Waals surface area contributed by atoms with Gasteiger partial charge in [-0.1, -0.05) is 49.0 Å². The average molecular weight is 506 g/mol. The summed E-state index contributed by atoms with van der Waals surface area (Å²) in [4.78, 5) is 32.3. The highest BCUT2D eigenvalue weighted by atomic mass is 32.2. The molecule has 1 atom stereocenters. The van der Waals surface area contributed by atoms with Gasteiger partial charge in [0.15, 0.2) is 5.17 Å². The number of ether oxygens (including phenoxy) is 1. The smallest absolute Gasteiger partial charge is 0.242 e. The Balaban J connectivity index is 1.43. The van der Waals surface area contributed by atoms with Gasteiger partial charge in [-0.15, -0.1) is 0 Å². The van der Waals surface area contributed by atoms with E-state index in [9.17, 15) is 14.0 Å². The summed E-state index contributed by atoms with van der Waals surface area (Å²) in [6, 6.07) is 22.8. The lowest BCUT2D eigenvalue weighted by Gasteiger charge is -2.16. The predicted molar refractivity (Wildman–Crippen MR) is 142 cm³/mol. The van der Waals surface area contributed by atoms with Crippen molar-refractivity contribution in [2.75, 3.05) is 18.5 Å². The average Bonchev–Trinajstić information content (AvgIpc) is 3.17. The van der Waals surface area contributed by atoms with Crippen LogP contribution in [0.2, 0.25) is 0 Å². The maximum atomic E-state index is 13.3. The van der Waals surface area contributed by atoms with Crippen LogP contribution >= 0.6 is 11.8 Å². The number of halogens is 1. The molecule has 0 saturated carbocycles. The highest BCUT2D eigenvalue weighted by molar-refractivity contribution is 8.15. The van der Waals surface area contributed by atoms with Crippen LogP contribution in [0.3, 0.4) is 0 Å². The van der Waals surface area contributed by atoms with Crippen molar-refractivity contribution in [2.24, 2.45) is 4.99 Å². The molecule has 8 heteroatoms. The molecular weight excluding hydrogens is 477 g/mol. The van der Waals surface area contributed by atoms with Gasteiger partial charge in [0.2, 0.25) is 11.8 Å². The van der Waals surface area contributed by atoms with Crippen molar-refractivity contribution in [3.05, 3.63) is 90.2 Å². The van der Waals surface area contributed by atoms with Crippen LogP contribution in [0.1, 0.15) is 25.3 Å². The second kappa shape index (κ2) is 12.4. The molecule has 3 aromatic rings. The van der Waals surface area contributed by atoms with Gasteiger partial charge < -0.3 is 10.1 Å². The van der Waals surface area contributed by atoms with E-state index in [1.807, 2.05) is 49.4 Å². The van der Waals surface area contributed by atoms with Crippen LogP contribution < -0.4 is 10.1 Å². The summed E-state index contributed by atoms with van der Waals surface area (Å²) in [6.45, 7) is 3.06. The Labute approximate surface area is 214 Å². The van der Waals surface area contributed by atoms with E-state index in [2.05, 4.69) is 10.3 Å². The molecule has 36 heavy (non-hydrogen) atoms. The molecule has 6 nitrogen and oxygen atoms in total. The summed E-state index contributed by atoms with van der Waals surface area (Å²) in [5.74, 6) is 0.0415. The first-order valence-corrected chi connectivity index (χ1v) is 12.8. The molecule has 1 saturated heterocycles. The quantitative estimate of drug-likeness (QED) is 0.377. The first kappa shape index (κ1) is 25.4. The molecule has 3 aromatic carbocycles. The lowest BCUT2D eigenvalue weighted by molar-refractivity contribution is -0.128. The van der Waals surface area contributed by atoms with E-state index in [4.69, 9.17) is 4.74 Å². The van der Waals surface area contributed by atoms with Gasteiger partial charge in [0.05, 0.1) is 12.3 Å². The summed E-state index contributed by atoms with van der Waals surface area (Å²) in [7, 11) is 0. The molecule has 1 heterocycles. The first-order chi connectivity index (χ1) is 17.5. The molecule has 1 N–H and O–H groups in total. The fourth-order valence-corrected chi connectivity index (χ4v) is 4.85. The molecule has 0 aliphatic carbocycles. The summed E-state index contributed by atoms with van der Waals surface area (Å²) in [5, 5.41) is 2.84. The Kier molecular flexibility index (Phi) is 8.73. The van der Waals surface area contributed by atoms with Crippen LogP contribution in [0, 0.1) is 5.82 Å². The number of amides is 2. The van der Waals surface area contributed by atoms with Crippen LogP contribution in [0.15, 0.2) is 83.9 Å². The molecule has 0 radical (unpaired) electrons. The number of anilines is 1. The van der Waals surface area contributed by atoms with Gasteiger partial charge in [-0.05, 0) is 66.9 Å². The maximum Gasteiger partial charge on any atom is 0.242 e. The molecular formula is C28H28FN3O3S. The molecule has 0 bridgehead atoms. The number of thioether (sulfide) groups is 1. The van der Waals surface area contributed by atoms with E-state index >= 15 is 0 Å². The standard InChI is InChI=1S/C28H28FN3O3S/c1-2-18-35-24-14-12-23(13-15-24)30-26(33)19-25-27(34)32(17-16-20-8-10-21(29)11-9-20)28(36-25)31-22-6-4-3-5-7-22/h3-15,25H,2,16-19H2,1H3,(H,30,33)/t25-/m0/s1. The van der Waals surface area contributed by atoms with E-state index in [0.717, 1.165) is 23.4 Å². The molecule has 4 rings (SSSR count). The van der Waals surface area contributed by atoms with Gasteiger partial charge in [0.25, 0.3) is 0 Å². The fourth-order valence-electron chi connectivity index (χ4n) is 3.67. The molecule has 1 aliphatic heterocycles. The zero-order valence-corrected chi connectivity index (χ0v) is 20.8. The Hall–Kier alpha value is -3.65. The largest absolute Gasteiger partial charge is 0.494 e. The van der Waals surface area contributed by atoms with Gasteiger partial charge in [-0.2, -0.15) is 0 Å². The number of amidine groups is 1.